The van der Waals surface area contributed by atoms with Gasteiger partial charge in [-0.1, -0.05) is 38.1 Å². The van der Waals surface area contributed by atoms with Crippen LogP contribution in [0.3, 0.4) is 0 Å². The van der Waals surface area contributed by atoms with Gasteiger partial charge in [0.15, 0.2) is 5.78 Å². The molecule has 104 valence electrons. The van der Waals surface area contributed by atoms with Crippen LogP contribution in [-0.4, -0.2) is 36.9 Å². The molecule has 0 radical (unpaired) electrons. The lowest BCUT2D eigenvalue weighted by Gasteiger charge is -2.17. The maximum absolute atomic E-state index is 11.7. The van der Waals surface area contributed by atoms with Gasteiger partial charge in [0.05, 0.1) is 7.11 Å². The molecule has 0 bridgehead atoms. The minimum absolute atomic E-state index is 0.202. The molecule has 1 rings (SSSR count). The van der Waals surface area contributed by atoms with Crippen molar-refractivity contribution in [3.63, 3.8) is 0 Å². The molecule has 0 atom stereocenters. The predicted molar refractivity (Wildman–Crippen MR) is 74.0 cm³/mol. The van der Waals surface area contributed by atoms with Gasteiger partial charge in [0.25, 0.3) is 0 Å². The second kappa shape index (κ2) is 7.69. The van der Waals surface area contributed by atoms with Crippen LogP contribution in [0.25, 0.3) is 0 Å². The number of methoxy groups -OCH3 is 1. The highest BCUT2D eigenvalue weighted by Crippen LogP contribution is 2.09. The molecule has 0 spiro atoms. The van der Waals surface area contributed by atoms with Gasteiger partial charge in [-0.25, -0.2) is 0 Å². The summed E-state index contributed by atoms with van der Waals surface area (Å²) in [6.45, 7) is 7.12. The second-order valence-corrected chi connectivity index (χ2v) is 4.33. The maximum atomic E-state index is 11.7. The van der Waals surface area contributed by atoms with Crippen molar-refractivity contribution in [2.24, 2.45) is 0 Å². The van der Waals surface area contributed by atoms with Gasteiger partial charge in [-0.3, -0.25) is 14.5 Å². The first-order chi connectivity index (χ1) is 9.10. The van der Waals surface area contributed by atoms with Crippen molar-refractivity contribution in [1.82, 2.24) is 4.90 Å². The standard InChI is InChI=1S/C15H21NO3/c1-4-16(5-2)11-12-6-8-13(9-7-12)14(17)10-15(18)19-3/h6-9H,4-5,10-11H2,1-3H3. The number of rotatable bonds is 7. The van der Waals surface area contributed by atoms with Gasteiger partial charge in [-0.2, -0.15) is 0 Å². The lowest BCUT2D eigenvalue weighted by atomic mass is 10.1. The van der Waals surface area contributed by atoms with Gasteiger partial charge in [-0.15, -0.1) is 0 Å². The van der Waals surface area contributed by atoms with E-state index < -0.39 is 5.97 Å². The molecule has 4 heteroatoms. The fourth-order valence-corrected chi connectivity index (χ4v) is 1.81. The van der Waals surface area contributed by atoms with Crippen LogP contribution in [0.15, 0.2) is 24.3 Å². The van der Waals surface area contributed by atoms with Gasteiger partial charge in [0.1, 0.15) is 6.42 Å². The zero-order chi connectivity index (χ0) is 14.3. The quantitative estimate of drug-likeness (QED) is 0.430. The van der Waals surface area contributed by atoms with Crippen LogP contribution < -0.4 is 0 Å². The highest BCUT2D eigenvalue weighted by molar-refractivity contribution is 6.05. The van der Waals surface area contributed by atoms with Crippen molar-refractivity contribution >= 4 is 11.8 Å². The van der Waals surface area contributed by atoms with Crippen molar-refractivity contribution in [2.75, 3.05) is 20.2 Å². The summed E-state index contributed by atoms with van der Waals surface area (Å²) in [7, 11) is 1.28. The van der Waals surface area contributed by atoms with E-state index in [0.29, 0.717) is 5.56 Å². The Bertz CT molecular complexity index is 422. The minimum Gasteiger partial charge on any atom is -0.469 e. The van der Waals surface area contributed by atoms with Crippen molar-refractivity contribution in [3.8, 4) is 0 Å². The maximum Gasteiger partial charge on any atom is 0.313 e. The lowest BCUT2D eigenvalue weighted by molar-refractivity contribution is -0.139. The summed E-state index contributed by atoms with van der Waals surface area (Å²) < 4.78 is 4.48. The summed E-state index contributed by atoms with van der Waals surface area (Å²) in [5.41, 5.74) is 1.71. The number of nitrogens with zero attached hydrogens (tertiary/aromatic N) is 1. The molecule has 0 aromatic heterocycles. The van der Waals surface area contributed by atoms with E-state index in [1.807, 2.05) is 12.1 Å². The zero-order valence-electron chi connectivity index (χ0n) is 11.8. The van der Waals surface area contributed by atoms with E-state index in [-0.39, 0.29) is 12.2 Å². The van der Waals surface area contributed by atoms with Crippen molar-refractivity contribution < 1.29 is 14.3 Å². The van der Waals surface area contributed by atoms with Gasteiger partial charge < -0.3 is 4.74 Å². The van der Waals surface area contributed by atoms with Crippen LogP contribution in [0.1, 0.15) is 36.2 Å². The number of benzene rings is 1. The van der Waals surface area contributed by atoms with Crippen molar-refractivity contribution in [3.05, 3.63) is 35.4 Å². The summed E-state index contributed by atoms with van der Waals surface area (Å²) in [6.07, 6.45) is -0.202. The summed E-state index contributed by atoms with van der Waals surface area (Å²) in [5, 5.41) is 0. The van der Waals surface area contributed by atoms with Gasteiger partial charge in [0.2, 0.25) is 0 Å². The number of ketones is 1. The van der Waals surface area contributed by atoms with Crippen LogP contribution in [0.2, 0.25) is 0 Å². The number of carbonyl (C=O) groups is 2. The number of carbonyl (C=O) groups excluding carboxylic acids is 2. The lowest BCUT2D eigenvalue weighted by Crippen LogP contribution is -2.22. The van der Waals surface area contributed by atoms with Crippen LogP contribution in [0, 0.1) is 0 Å². The van der Waals surface area contributed by atoms with Crippen molar-refractivity contribution in [1.29, 1.82) is 0 Å². The molecular formula is C15H21NO3. The van der Waals surface area contributed by atoms with E-state index in [1.165, 1.54) is 12.7 Å². The fraction of sp³-hybridized carbons (Fsp3) is 0.467. The number of hydrogen-bond donors (Lipinski definition) is 0. The van der Waals surface area contributed by atoms with E-state index in [0.717, 1.165) is 19.6 Å². The van der Waals surface area contributed by atoms with E-state index in [4.69, 9.17) is 0 Å². The second-order valence-electron chi connectivity index (χ2n) is 4.33. The third kappa shape index (κ3) is 4.83. The molecule has 0 fully saturated rings. The van der Waals surface area contributed by atoms with E-state index in [2.05, 4.69) is 23.5 Å². The Labute approximate surface area is 114 Å². The SMILES string of the molecule is CCN(CC)Cc1ccc(C(=O)CC(=O)OC)cc1. The smallest absolute Gasteiger partial charge is 0.313 e. The molecule has 0 unspecified atom stereocenters. The number of ether oxygens (including phenoxy) is 1. The summed E-state index contributed by atoms with van der Waals surface area (Å²) in [6, 6.07) is 7.40. The zero-order valence-corrected chi connectivity index (χ0v) is 11.8. The first-order valence-electron chi connectivity index (χ1n) is 6.52. The summed E-state index contributed by atoms with van der Waals surface area (Å²) in [4.78, 5) is 25.1. The molecule has 0 saturated heterocycles. The number of esters is 1. The van der Waals surface area contributed by atoms with E-state index >= 15 is 0 Å². The fourth-order valence-electron chi connectivity index (χ4n) is 1.81. The Morgan fingerprint density at radius 2 is 1.68 bits per heavy atom. The topological polar surface area (TPSA) is 46.6 Å². The molecule has 0 amide bonds. The Morgan fingerprint density at radius 1 is 1.11 bits per heavy atom. The van der Waals surface area contributed by atoms with Gasteiger partial charge in [-0.05, 0) is 18.7 Å². The Morgan fingerprint density at radius 3 is 2.16 bits per heavy atom. The van der Waals surface area contributed by atoms with Gasteiger partial charge in [0, 0.05) is 12.1 Å². The van der Waals surface area contributed by atoms with Crippen LogP contribution in [-0.2, 0) is 16.1 Å². The van der Waals surface area contributed by atoms with E-state index in [1.54, 1.807) is 12.1 Å². The summed E-state index contributed by atoms with van der Waals surface area (Å²) in [5.74, 6) is -0.710. The third-order valence-electron chi connectivity index (χ3n) is 3.11. The molecule has 0 saturated carbocycles. The van der Waals surface area contributed by atoms with Crippen LogP contribution >= 0.6 is 0 Å². The molecule has 0 N–H and O–H groups in total. The minimum atomic E-state index is -0.503. The number of Topliss-reactive ketones (excluding diaryl/α,β-unsaturated/α-hetero) is 1. The molecule has 1 aromatic rings. The molecule has 19 heavy (non-hydrogen) atoms. The first kappa shape index (κ1) is 15.4. The van der Waals surface area contributed by atoms with Gasteiger partial charge >= 0.3 is 5.97 Å². The molecule has 4 nitrogen and oxygen atoms in total. The molecule has 0 aliphatic carbocycles. The monoisotopic (exact) mass is 263 g/mol. The third-order valence-corrected chi connectivity index (χ3v) is 3.11. The largest absolute Gasteiger partial charge is 0.469 e. The van der Waals surface area contributed by atoms with Crippen molar-refractivity contribution in [2.45, 2.75) is 26.8 Å². The highest BCUT2D eigenvalue weighted by Gasteiger charge is 2.12. The Hall–Kier alpha value is -1.68. The Kier molecular flexibility index (Phi) is 6.22. The van der Waals surface area contributed by atoms with Crippen LogP contribution in [0.4, 0.5) is 0 Å². The molecule has 0 heterocycles. The predicted octanol–water partition coefficient (Wildman–Crippen LogP) is 2.27. The highest BCUT2D eigenvalue weighted by atomic mass is 16.5. The molecule has 0 aliphatic rings. The summed E-state index contributed by atoms with van der Waals surface area (Å²) >= 11 is 0. The average Bonchev–Trinajstić information content (AvgIpc) is 2.45. The number of hydrogen-bond acceptors (Lipinski definition) is 4. The average molecular weight is 263 g/mol. The first-order valence-corrected chi connectivity index (χ1v) is 6.52. The molecular weight excluding hydrogens is 242 g/mol. The van der Waals surface area contributed by atoms with Crippen LogP contribution in [0.5, 0.6) is 0 Å². The molecule has 1 aromatic carbocycles. The van der Waals surface area contributed by atoms with E-state index in [9.17, 15) is 9.59 Å². The Balaban J connectivity index is 2.65. The molecule has 0 aliphatic heterocycles. The normalized spacial score (nSPS) is 10.5.